The molecule has 4 nitrogen and oxygen atoms in total. The zero-order valence-electron chi connectivity index (χ0n) is 15.7. The highest BCUT2D eigenvalue weighted by Crippen LogP contribution is 2.31. The van der Waals surface area contributed by atoms with E-state index in [9.17, 15) is 4.79 Å². The molecule has 7 heteroatoms. The average molecular weight is 449 g/mol. The first-order valence-corrected chi connectivity index (χ1v) is 10.6. The Morgan fingerprint density at radius 1 is 1.07 bits per heavy atom. The Bertz CT molecular complexity index is 1010. The maximum Gasteiger partial charge on any atom is 0.254 e. The monoisotopic (exact) mass is 447 g/mol. The third kappa shape index (κ3) is 5.13. The van der Waals surface area contributed by atoms with E-state index in [1.807, 2.05) is 27.8 Å². The number of halogens is 3. The molecule has 150 valence electrons. The molecule has 4 rings (SSSR count). The van der Waals surface area contributed by atoms with E-state index in [1.165, 1.54) is 12.8 Å². The van der Waals surface area contributed by atoms with Gasteiger partial charge >= 0.3 is 0 Å². The average Bonchev–Trinajstić information content (AvgIpc) is 3.41. The van der Waals surface area contributed by atoms with Crippen LogP contribution in [0.4, 0.5) is 0 Å². The van der Waals surface area contributed by atoms with Gasteiger partial charge in [0.05, 0.1) is 13.1 Å². The first-order chi connectivity index (χ1) is 14.0. The van der Waals surface area contributed by atoms with Gasteiger partial charge in [-0.1, -0.05) is 40.9 Å². The fourth-order valence-electron chi connectivity index (χ4n) is 3.25. The molecule has 3 aromatic rings. The van der Waals surface area contributed by atoms with E-state index in [0.29, 0.717) is 39.6 Å². The van der Waals surface area contributed by atoms with Gasteiger partial charge in [-0.15, -0.1) is 0 Å². The minimum Gasteiger partial charge on any atom is -0.331 e. The van der Waals surface area contributed by atoms with Crippen LogP contribution in [-0.2, 0) is 13.1 Å². The van der Waals surface area contributed by atoms with Crippen molar-refractivity contribution < 1.29 is 4.79 Å². The lowest BCUT2D eigenvalue weighted by Crippen LogP contribution is -2.33. The van der Waals surface area contributed by atoms with Gasteiger partial charge in [-0.25, -0.2) is 4.98 Å². The van der Waals surface area contributed by atoms with Gasteiger partial charge in [0.15, 0.2) is 0 Å². The molecule has 0 spiro atoms. The summed E-state index contributed by atoms with van der Waals surface area (Å²) < 4.78 is 2.02. The van der Waals surface area contributed by atoms with E-state index in [2.05, 4.69) is 4.98 Å². The number of nitrogens with zero attached hydrogens (tertiary/aromatic N) is 3. The van der Waals surface area contributed by atoms with E-state index in [4.69, 9.17) is 34.8 Å². The smallest absolute Gasteiger partial charge is 0.254 e. The highest BCUT2D eigenvalue weighted by molar-refractivity contribution is 6.35. The topological polar surface area (TPSA) is 38.1 Å². The second kappa shape index (κ2) is 8.78. The zero-order chi connectivity index (χ0) is 20.4. The number of carbonyl (C=O) groups is 1. The lowest BCUT2D eigenvalue weighted by molar-refractivity contribution is 0.0729. The summed E-state index contributed by atoms with van der Waals surface area (Å²) in [5.41, 5.74) is 1.59. The minimum atomic E-state index is -0.00681. The number of rotatable bonds is 7. The summed E-state index contributed by atoms with van der Waals surface area (Å²) in [6.07, 6.45) is 5.99. The molecule has 1 heterocycles. The highest BCUT2D eigenvalue weighted by Gasteiger charge is 2.28. The number of amides is 1. The molecule has 1 fully saturated rings. The standard InChI is InChI=1S/C22H20Cl3N3O/c23-18-6-3-16(4-7-18)22(29)28(12-15-1-2-15)14-21-26-9-10-27(21)13-17-5-8-19(24)11-20(17)25/h3-11,15H,1-2,12-14H2. The van der Waals surface area contributed by atoms with Crippen LogP contribution in [0.1, 0.15) is 34.6 Å². The predicted molar refractivity (Wildman–Crippen MR) is 117 cm³/mol. The Labute approximate surface area is 185 Å². The fraction of sp³-hybridized carbons (Fsp3) is 0.273. The van der Waals surface area contributed by atoms with Crippen LogP contribution in [0.5, 0.6) is 0 Å². The molecule has 1 aromatic heterocycles. The Morgan fingerprint density at radius 2 is 1.79 bits per heavy atom. The van der Waals surface area contributed by atoms with Gasteiger partial charge in [0.2, 0.25) is 0 Å². The van der Waals surface area contributed by atoms with Crippen LogP contribution < -0.4 is 0 Å². The quantitative estimate of drug-likeness (QED) is 0.448. The molecule has 1 aliphatic rings. The van der Waals surface area contributed by atoms with Crippen LogP contribution in [-0.4, -0.2) is 26.9 Å². The van der Waals surface area contributed by atoms with E-state index >= 15 is 0 Å². The number of imidazole rings is 1. The molecule has 0 N–H and O–H groups in total. The summed E-state index contributed by atoms with van der Waals surface area (Å²) in [6, 6.07) is 12.5. The lowest BCUT2D eigenvalue weighted by atomic mass is 10.2. The summed E-state index contributed by atoms with van der Waals surface area (Å²) in [7, 11) is 0. The van der Waals surface area contributed by atoms with Crippen molar-refractivity contribution in [2.75, 3.05) is 6.54 Å². The normalized spacial score (nSPS) is 13.5. The predicted octanol–water partition coefficient (Wildman–Crippen LogP) is 5.94. The summed E-state index contributed by atoms with van der Waals surface area (Å²) in [4.78, 5) is 19.5. The van der Waals surface area contributed by atoms with E-state index < -0.39 is 0 Å². The third-order valence-corrected chi connectivity index (χ3v) is 5.88. The van der Waals surface area contributed by atoms with Gasteiger partial charge in [-0.2, -0.15) is 0 Å². The maximum atomic E-state index is 13.1. The van der Waals surface area contributed by atoms with Gasteiger partial charge in [0, 0.05) is 39.6 Å². The molecule has 0 radical (unpaired) electrons. The maximum absolute atomic E-state index is 13.1. The molecule has 2 aromatic carbocycles. The van der Waals surface area contributed by atoms with E-state index in [-0.39, 0.29) is 5.91 Å². The first-order valence-electron chi connectivity index (χ1n) is 9.48. The van der Waals surface area contributed by atoms with Gasteiger partial charge in [-0.05, 0) is 60.7 Å². The molecule has 0 aliphatic heterocycles. The number of aromatic nitrogens is 2. The minimum absolute atomic E-state index is 0.00681. The molecule has 0 saturated heterocycles. The van der Waals surface area contributed by atoms with Gasteiger partial charge in [0.25, 0.3) is 5.91 Å². The van der Waals surface area contributed by atoms with Crippen molar-refractivity contribution in [1.29, 1.82) is 0 Å². The number of hydrogen-bond acceptors (Lipinski definition) is 2. The van der Waals surface area contributed by atoms with Crippen molar-refractivity contribution in [1.82, 2.24) is 14.5 Å². The van der Waals surface area contributed by atoms with Crippen molar-refractivity contribution in [3.8, 4) is 0 Å². The van der Waals surface area contributed by atoms with Crippen LogP contribution >= 0.6 is 34.8 Å². The van der Waals surface area contributed by atoms with Crippen molar-refractivity contribution in [2.24, 2.45) is 5.92 Å². The largest absolute Gasteiger partial charge is 0.331 e. The molecule has 1 amide bonds. The molecule has 0 atom stereocenters. The zero-order valence-corrected chi connectivity index (χ0v) is 18.0. The van der Waals surface area contributed by atoms with Gasteiger partial charge < -0.3 is 9.47 Å². The SMILES string of the molecule is O=C(c1ccc(Cl)cc1)N(Cc1nccn1Cc1ccc(Cl)cc1Cl)CC1CC1. The molecular formula is C22H20Cl3N3O. The second-order valence-corrected chi connectivity index (χ2v) is 8.62. The fourth-order valence-corrected chi connectivity index (χ4v) is 3.84. The highest BCUT2D eigenvalue weighted by atomic mass is 35.5. The summed E-state index contributed by atoms with van der Waals surface area (Å²) in [5.74, 6) is 1.38. The van der Waals surface area contributed by atoms with Crippen LogP contribution in [0.25, 0.3) is 0 Å². The summed E-state index contributed by atoms with van der Waals surface area (Å²) in [5, 5.41) is 1.84. The second-order valence-electron chi connectivity index (χ2n) is 7.34. The molecular weight excluding hydrogens is 429 g/mol. The number of benzene rings is 2. The van der Waals surface area contributed by atoms with Crippen LogP contribution in [0.3, 0.4) is 0 Å². The van der Waals surface area contributed by atoms with Crippen molar-refractivity contribution in [3.63, 3.8) is 0 Å². The molecule has 0 bridgehead atoms. The molecule has 1 saturated carbocycles. The summed E-state index contributed by atoms with van der Waals surface area (Å²) in [6.45, 7) is 1.74. The lowest BCUT2D eigenvalue weighted by Gasteiger charge is -2.23. The van der Waals surface area contributed by atoms with Gasteiger partial charge in [-0.3, -0.25) is 4.79 Å². The Balaban J connectivity index is 1.54. The van der Waals surface area contributed by atoms with E-state index in [1.54, 1.807) is 36.5 Å². The summed E-state index contributed by atoms with van der Waals surface area (Å²) >= 11 is 18.3. The molecule has 29 heavy (non-hydrogen) atoms. The van der Waals surface area contributed by atoms with Crippen molar-refractivity contribution >= 4 is 40.7 Å². The third-order valence-electron chi connectivity index (χ3n) is 5.04. The van der Waals surface area contributed by atoms with Crippen molar-refractivity contribution in [3.05, 3.63) is 86.9 Å². The number of carbonyl (C=O) groups excluding carboxylic acids is 1. The van der Waals surface area contributed by atoms with Crippen LogP contribution in [0.2, 0.25) is 15.1 Å². The Morgan fingerprint density at radius 3 is 2.48 bits per heavy atom. The van der Waals surface area contributed by atoms with E-state index in [0.717, 1.165) is 17.9 Å². The Hall–Kier alpha value is -2.01. The van der Waals surface area contributed by atoms with Gasteiger partial charge in [0.1, 0.15) is 5.82 Å². The molecule has 1 aliphatic carbocycles. The van der Waals surface area contributed by atoms with Crippen molar-refractivity contribution in [2.45, 2.75) is 25.9 Å². The van der Waals surface area contributed by atoms with Crippen LogP contribution in [0.15, 0.2) is 54.9 Å². The Kier molecular flexibility index (Phi) is 6.14. The molecule has 0 unspecified atom stereocenters. The number of hydrogen-bond donors (Lipinski definition) is 0. The first kappa shape index (κ1) is 20.3. The van der Waals surface area contributed by atoms with Crippen LogP contribution in [0, 0.1) is 5.92 Å².